The Bertz CT molecular complexity index is 471. The zero-order chi connectivity index (χ0) is 13.3. The number of hydrogen-bond donors (Lipinski definition) is 1. The molecule has 0 radical (unpaired) electrons. The molecule has 1 heterocycles. The van der Waals surface area contributed by atoms with Gasteiger partial charge in [0, 0.05) is 17.0 Å². The summed E-state index contributed by atoms with van der Waals surface area (Å²) >= 11 is 1.77. The summed E-state index contributed by atoms with van der Waals surface area (Å²) < 4.78 is 11.3. The van der Waals surface area contributed by atoms with Crippen molar-refractivity contribution in [1.82, 2.24) is 5.32 Å². The second-order valence-electron chi connectivity index (χ2n) is 5.58. The Balaban J connectivity index is 1.78. The molecule has 1 aromatic carbocycles. The fraction of sp³-hybridized carbons (Fsp3) is 0.600. The molecule has 4 heteroatoms. The molecule has 0 amide bonds. The highest BCUT2D eigenvalue weighted by Crippen LogP contribution is 2.37. The number of rotatable bonds is 4. The average molecular weight is 279 g/mol. The molecule has 1 saturated carbocycles. The summed E-state index contributed by atoms with van der Waals surface area (Å²) in [6.45, 7) is 4.52. The van der Waals surface area contributed by atoms with Gasteiger partial charge in [-0.25, -0.2) is 0 Å². The maximum Gasteiger partial charge on any atom is 0.162 e. The van der Waals surface area contributed by atoms with E-state index in [2.05, 4.69) is 30.6 Å². The topological polar surface area (TPSA) is 30.5 Å². The van der Waals surface area contributed by atoms with E-state index in [0.29, 0.717) is 18.8 Å². The van der Waals surface area contributed by atoms with Crippen molar-refractivity contribution in [3.05, 3.63) is 17.7 Å². The minimum absolute atomic E-state index is 0.336. The number of ether oxygens (including phenoxy) is 2. The first-order valence-electron chi connectivity index (χ1n) is 6.92. The Morgan fingerprint density at radius 3 is 2.47 bits per heavy atom. The molecule has 0 bridgehead atoms. The molecule has 0 aromatic heterocycles. The lowest BCUT2D eigenvalue weighted by atomic mass is 9.78. The molecule has 19 heavy (non-hydrogen) atoms. The quantitative estimate of drug-likeness (QED) is 0.857. The van der Waals surface area contributed by atoms with Crippen molar-refractivity contribution in [2.75, 3.05) is 19.5 Å². The monoisotopic (exact) mass is 279 g/mol. The van der Waals surface area contributed by atoms with Crippen LogP contribution in [0.15, 0.2) is 17.0 Å². The average Bonchev–Trinajstić information content (AvgIpc) is 2.42. The van der Waals surface area contributed by atoms with Crippen LogP contribution in [0.25, 0.3) is 0 Å². The summed E-state index contributed by atoms with van der Waals surface area (Å²) in [7, 11) is 0. The summed E-state index contributed by atoms with van der Waals surface area (Å²) in [5, 5.41) is 3.68. The van der Waals surface area contributed by atoms with E-state index in [4.69, 9.17) is 9.47 Å². The van der Waals surface area contributed by atoms with Crippen molar-refractivity contribution in [1.29, 1.82) is 0 Å². The molecular weight excluding hydrogens is 258 g/mol. The van der Waals surface area contributed by atoms with E-state index in [1.807, 2.05) is 0 Å². The van der Waals surface area contributed by atoms with Crippen molar-refractivity contribution in [3.63, 3.8) is 0 Å². The Labute approximate surface area is 119 Å². The van der Waals surface area contributed by atoms with Gasteiger partial charge in [-0.3, -0.25) is 0 Å². The molecule has 1 fully saturated rings. The number of nitrogens with one attached hydrogen (secondary N) is 1. The lowest BCUT2D eigenvalue weighted by molar-refractivity contribution is 0.170. The second kappa shape index (κ2) is 5.25. The van der Waals surface area contributed by atoms with Gasteiger partial charge in [-0.2, -0.15) is 0 Å². The molecule has 0 saturated heterocycles. The van der Waals surface area contributed by atoms with Crippen molar-refractivity contribution >= 4 is 11.8 Å². The van der Waals surface area contributed by atoms with Gasteiger partial charge in [0.1, 0.15) is 13.2 Å². The van der Waals surface area contributed by atoms with Crippen LogP contribution in [-0.4, -0.2) is 25.0 Å². The van der Waals surface area contributed by atoms with E-state index in [-0.39, 0.29) is 0 Å². The molecule has 3 rings (SSSR count). The van der Waals surface area contributed by atoms with Crippen molar-refractivity contribution in [2.24, 2.45) is 0 Å². The van der Waals surface area contributed by atoms with E-state index >= 15 is 0 Å². The summed E-state index contributed by atoms with van der Waals surface area (Å²) in [6, 6.07) is 4.24. The Morgan fingerprint density at radius 2 is 1.89 bits per heavy atom. The minimum Gasteiger partial charge on any atom is -0.486 e. The smallest absolute Gasteiger partial charge is 0.162 e. The van der Waals surface area contributed by atoms with E-state index in [9.17, 15) is 0 Å². The number of fused-ring (bicyclic) bond motifs is 1. The Kier molecular flexibility index (Phi) is 3.63. The van der Waals surface area contributed by atoms with E-state index < -0.39 is 0 Å². The first kappa shape index (κ1) is 13.1. The molecule has 1 N–H and O–H groups in total. The van der Waals surface area contributed by atoms with Gasteiger partial charge < -0.3 is 14.8 Å². The standard InChI is InChI=1S/C15H21NO2S/c1-15(4-3-5-15)16-10-11-8-12-13(9-14(11)19-2)18-7-6-17-12/h8-9,16H,3-7,10H2,1-2H3. The zero-order valence-electron chi connectivity index (χ0n) is 11.6. The largest absolute Gasteiger partial charge is 0.486 e. The highest BCUT2D eigenvalue weighted by atomic mass is 32.2. The molecule has 0 atom stereocenters. The van der Waals surface area contributed by atoms with Gasteiger partial charge in [-0.1, -0.05) is 0 Å². The Morgan fingerprint density at radius 1 is 1.21 bits per heavy atom. The zero-order valence-corrected chi connectivity index (χ0v) is 12.4. The fourth-order valence-electron chi connectivity index (χ4n) is 2.63. The van der Waals surface area contributed by atoms with Gasteiger partial charge in [0.25, 0.3) is 0 Å². The third-order valence-electron chi connectivity index (χ3n) is 4.11. The maximum atomic E-state index is 5.67. The molecule has 0 unspecified atom stereocenters. The molecule has 0 spiro atoms. The number of benzene rings is 1. The van der Waals surface area contributed by atoms with Gasteiger partial charge in [0.05, 0.1) is 0 Å². The third kappa shape index (κ3) is 2.70. The summed E-state index contributed by atoms with van der Waals surface area (Å²) in [5.41, 5.74) is 1.65. The van der Waals surface area contributed by atoms with Crippen molar-refractivity contribution in [3.8, 4) is 11.5 Å². The highest BCUT2D eigenvalue weighted by molar-refractivity contribution is 7.98. The SMILES string of the molecule is CSc1cc2c(cc1CNC1(C)CCC1)OCCO2. The number of thioether (sulfide) groups is 1. The van der Waals surface area contributed by atoms with Crippen LogP contribution in [0.2, 0.25) is 0 Å². The molecule has 1 aromatic rings. The van der Waals surface area contributed by atoms with Crippen LogP contribution in [-0.2, 0) is 6.54 Å². The van der Waals surface area contributed by atoms with Crippen LogP contribution in [0.4, 0.5) is 0 Å². The predicted molar refractivity (Wildman–Crippen MR) is 78.3 cm³/mol. The van der Waals surface area contributed by atoms with Gasteiger partial charge in [0.15, 0.2) is 11.5 Å². The van der Waals surface area contributed by atoms with Crippen molar-refractivity contribution < 1.29 is 9.47 Å². The van der Waals surface area contributed by atoms with Crippen LogP contribution in [0, 0.1) is 0 Å². The molecule has 2 aliphatic rings. The fourth-order valence-corrected chi connectivity index (χ4v) is 3.25. The molecule has 3 nitrogen and oxygen atoms in total. The number of hydrogen-bond acceptors (Lipinski definition) is 4. The van der Waals surface area contributed by atoms with Crippen LogP contribution in [0.1, 0.15) is 31.7 Å². The summed E-state index contributed by atoms with van der Waals surface area (Å²) in [4.78, 5) is 1.28. The highest BCUT2D eigenvalue weighted by Gasteiger charge is 2.31. The van der Waals surface area contributed by atoms with Crippen molar-refractivity contribution in [2.45, 2.75) is 43.2 Å². The van der Waals surface area contributed by atoms with E-state index in [1.165, 1.54) is 29.7 Å². The maximum absolute atomic E-state index is 5.67. The predicted octanol–water partition coefficient (Wildman–Crippen LogP) is 3.21. The summed E-state index contributed by atoms with van der Waals surface area (Å²) in [6.07, 6.45) is 6.03. The van der Waals surface area contributed by atoms with E-state index in [1.54, 1.807) is 11.8 Å². The third-order valence-corrected chi connectivity index (χ3v) is 4.93. The molecule has 1 aliphatic carbocycles. The molecular formula is C15H21NO2S. The lowest BCUT2D eigenvalue weighted by Crippen LogP contribution is -2.47. The molecule has 1 aliphatic heterocycles. The molecule has 104 valence electrons. The normalized spacial score (nSPS) is 19.9. The van der Waals surface area contributed by atoms with Crippen LogP contribution in [0.5, 0.6) is 11.5 Å². The van der Waals surface area contributed by atoms with Gasteiger partial charge >= 0.3 is 0 Å². The summed E-state index contributed by atoms with van der Waals surface area (Å²) in [5.74, 6) is 1.77. The minimum atomic E-state index is 0.336. The Hall–Kier alpha value is -0.870. The second-order valence-corrected chi connectivity index (χ2v) is 6.42. The van der Waals surface area contributed by atoms with Crippen LogP contribution < -0.4 is 14.8 Å². The van der Waals surface area contributed by atoms with Gasteiger partial charge in [-0.15, -0.1) is 11.8 Å². The lowest BCUT2D eigenvalue weighted by Gasteiger charge is -2.39. The van der Waals surface area contributed by atoms with Gasteiger partial charge in [0.2, 0.25) is 0 Å². The van der Waals surface area contributed by atoms with Crippen LogP contribution >= 0.6 is 11.8 Å². The first-order chi connectivity index (χ1) is 9.20. The van der Waals surface area contributed by atoms with E-state index in [0.717, 1.165) is 18.0 Å². The van der Waals surface area contributed by atoms with Crippen LogP contribution in [0.3, 0.4) is 0 Å². The van der Waals surface area contributed by atoms with Gasteiger partial charge in [-0.05, 0) is 50.1 Å². The first-order valence-corrected chi connectivity index (χ1v) is 8.14.